The lowest BCUT2D eigenvalue weighted by Gasteiger charge is -2.24. The molecule has 3 aromatic heterocycles. The number of fused-ring (bicyclic) bond motifs is 1. The number of halogens is 1. The van der Waals surface area contributed by atoms with Crippen molar-refractivity contribution < 1.29 is 9.13 Å². The molecule has 2 aliphatic heterocycles. The standard InChI is InChI=1S/C21H25FN6O2/c1-14-11-27(12-15-4-2-3-7-23-15)13-21(14,22)20-25-18-17(19(29)26-20)10-24-28(18)16-5-8-30-9-6-16/h2-4,7,10,14,16H,5-6,8-9,11-13H2,1H3,(H,25,26,29)/t14-,21+/m1/s1. The average molecular weight is 412 g/mol. The molecule has 0 radical (unpaired) electrons. The summed E-state index contributed by atoms with van der Waals surface area (Å²) in [5.74, 6) is -0.230. The predicted octanol–water partition coefficient (Wildman–Crippen LogP) is 2.18. The van der Waals surface area contributed by atoms with Gasteiger partial charge in [-0.25, -0.2) is 14.1 Å². The van der Waals surface area contributed by atoms with Crippen LogP contribution in [0, 0.1) is 5.92 Å². The molecule has 158 valence electrons. The van der Waals surface area contributed by atoms with Crippen LogP contribution in [0.1, 0.15) is 37.3 Å². The molecule has 2 aliphatic rings. The fraction of sp³-hybridized carbons (Fsp3) is 0.524. The van der Waals surface area contributed by atoms with Crippen LogP contribution < -0.4 is 5.56 Å². The SMILES string of the molecule is C[C@@H]1CN(Cc2ccccn2)C[C@@]1(F)c1nc2c(cnn2C2CCOCC2)c(=O)[nH]1. The lowest BCUT2D eigenvalue weighted by molar-refractivity contribution is 0.0672. The van der Waals surface area contributed by atoms with E-state index in [2.05, 4.69) is 20.1 Å². The maximum Gasteiger partial charge on any atom is 0.262 e. The average Bonchev–Trinajstić information content (AvgIpc) is 3.31. The fourth-order valence-corrected chi connectivity index (χ4v) is 4.56. The molecule has 0 amide bonds. The maximum atomic E-state index is 16.2. The van der Waals surface area contributed by atoms with Gasteiger partial charge in [-0.05, 0) is 25.0 Å². The van der Waals surface area contributed by atoms with E-state index in [1.807, 2.05) is 30.0 Å². The van der Waals surface area contributed by atoms with Crippen LogP contribution in [0.4, 0.5) is 4.39 Å². The topological polar surface area (TPSA) is 88.9 Å². The van der Waals surface area contributed by atoms with E-state index in [4.69, 9.17) is 4.74 Å². The summed E-state index contributed by atoms with van der Waals surface area (Å²) in [5, 5.41) is 4.79. The van der Waals surface area contributed by atoms with Gasteiger partial charge in [-0.3, -0.25) is 14.7 Å². The van der Waals surface area contributed by atoms with E-state index in [1.54, 1.807) is 10.9 Å². The second-order valence-corrected chi connectivity index (χ2v) is 8.34. The summed E-state index contributed by atoms with van der Waals surface area (Å²) in [4.78, 5) is 26.4. The number of alkyl halides is 1. The van der Waals surface area contributed by atoms with Crippen molar-refractivity contribution in [1.82, 2.24) is 29.6 Å². The Kier molecular flexibility index (Phi) is 4.86. The molecule has 2 atom stereocenters. The van der Waals surface area contributed by atoms with Crippen LogP contribution in [0.5, 0.6) is 0 Å². The van der Waals surface area contributed by atoms with Gasteiger partial charge in [-0.1, -0.05) is 13.0 Å². The van der Waals surface area contributed by atoms with Crippen molar-refractivity contribution in [1.29, 1.82) is 0 Å². The van der Waals surface area contributed by atoms with E-state index in [1.165, 1.54) is 6.20 Å². The molecule has 0 aliphatic carbocycles. The van der Waals surface area contributed by atoms with Gasteiger partial charge in [0, 0.05) is 45.0 Å². The van der Waals surface area contributed by atoms with Crippen molar-refractivity contribution in [2.45, 2.75) is 38.0 Å². The molecule has 2 saturated heterocycles. The molecule has 30 heavy (non-hydrogen) atoms. The Morgan fingerprint density at radius 2 is 2.17 bits per heavy atom. The van der Waals surface area contributed by atoms with E-state index in [0.717, 1.165) is 18.5 Å². The van der Waals surface area contributed by atoms with Crippen LogP contribution in [0.3, 0.4) is 0 Å². The molecule has 0 bridgehead atoms. The second-order valence-electron chi connectivity index (χ2n) is 8.34. The van der Waals surface area contributed by atoms with Crippen LogP contribution in [-0.4, -0.2) is 55.9 Å². The summed E-state index contributed by atoms with van der Waals surface area (Å²) in [7, 11) is 0. The highest BCUT2D eigenvalue weighted by Crippen LogP contribution is 2.39. The minimum absolute atomic E-state index is 0.0878. The second kappa shape index (κ2) is 7.55. The van der Waals surface area contributed by atoms with Crippen molar-refractivity contribution in [3.05, 3.63) is 52.5 Å². The number of hydrogen-bond donors (Lipinski definition) is 1. The van der Waals surface area contributed by atoms with Crippen LogP contribution in [0.2, 0.25) is 0 Å². The fourth-order valence-electron chi connectivity index (χ4n) is 4.56. The highest BCUT2D eigenvalue weighted by atomic mass is 19.1. The summed E-state index contributed by atoms with van der Waals surface area (Å²) < 4.78 is 23.4. The first-order chi connectivity index (χ1) is 14.5. The highest BCUT2D eigenvalue weighted by molar-refractivity contribution is 5.73. The quantitative estimate of drug-likeness (QED) is 0.707. The van der Waals surface area contributed by atoms with Crippen molar-refractivity contribution in [3.8, 4) is 0 Å². The monoisotopic (exact) mass is 412 g/mol. The lowest BCUT2D eigenvalue weighted by atomic mass is 9.93. The van der Waals surface area contributed by atoms with E-state index >= 15 is 4.39 Å². The van der Waals surface area contributed by atoms with Gasteiger partial charge in [0.05, 0.1) is 17.9 Å². The van der Waals surface area contributed by atoms with E-state index in [0.29, 0.717) is 37.3 Å². The van der Waals surface area contributed by atoms with E-state index in [9.17, 15) is 4.79 Å². The number of nitrogens with one attached hydrogen (secondary N) is 1. The van der Waals surface area contributed by atoms with Gasteiger partial charge in [0.25, 0.3) is 5.56 Å². The first-order valence-electron chi connectivity index (χ1n) is 10.4. The molecule has 5 rings (SSSR count). The van der Waals surface area contributed by atoms with Gasteiger partial charge in [0.2, 0.25) is 0 Å². The molecule has 0 unspecified atom stereocenters. The normalized spacial score (nSPS) is 25.9. The zero-order valence-corrected chi connectivity index (χ0v) is 16.9. The van der Waals surface area contributed by atoms with Gasteiger partial charge < -0.3 is 9.72 Å². The van der Waals surface area contributed by atoms with Crippen molar-refractivity contribution >= 4 is 11.0 Å². The van der Waals surface area contributed by atoms with Crippen molar-refractivity contribution in [2.24, 2.45) is 5.92 Å². The highest BCUT2D eigenvalue weighted by Gasteiger charge is 2.48. The van der Waals surface area contributed by atoms with E-state index in [-0.39, 0.29) is 29.9 Å². The van der Waals surface area contributed by atoms with Crippen LogP contribution >= 0.6 is 0 Å². The maximum absolute atomic E-state index is 16.2. The Morgan fingerprint density at radius 1 is 1.33 bits per heavy atom. The Hall–Kier alpha value is -2.65. The summed E-state index contributed by atoms with van der Waals surface area (Å²) in [5.41, 5.74) is -0.746. The van der Waals surface area contributed by atoms with Gasteiger partial charge in [0.1, 0.15) is 5.39 Å². The van der Waals surface area contributed by atoms with E-state index < -0.39 is 5.67 Å². The third kappa shape index (κ3) is 3.31. The molecular weight excluding hydrogens is 387 g/mol. The molecule has 2 fully saturated rings. The number of aromatic nitrogens is 5. The Labute approximate surface area is 173 Å². The zero-order valence-electron chi connectivity index (χ0n) is 16.9. The number of rotatable bonds is 4. The number of ether oxygens (including phenoxy) is 1. The molecule has 3 aromatic rings. The Bertz CT molecular complexity index is 1090. The molecule has 1 N–H and O–H groups in total. The summed E-state index contributed by atoms with van der Waals surface area (Å²) in [6, 6.07) is 5.83. The van der Waals surface area contributed by atoms with Crippen molar-refractivity contribution in [2.75, 3.05) is 26.3 Å². The number of pyridine rings is 1. The number of H-pyrrole nitrogens is 1. The van der Waals surface area contributed by atoms with Crippen LogP contribution in [-0.2, 0) is 17.0 Å². The Balaban J connectivity index is 1.48. The smallest absolute Gasteiger partial charge is 0.262 e. The van der Waals surface area contributed by atoms with Crippen LogP contribution in [0.25, 0.3) is 11.0 Å². The first-order valence-corrected chi connectivity index (χ1v) is 10.4. The van der Waals surface area contributed by atoms with Gasteiger partial charge in [-0.15, -0.1) is 0 Å². The van der Waals surface area contributed by atoms with Gasteiger partial charge in [-0.2, -0.15) is 5.10 Å². The molecular formula is C21H25FN6O2. The summed E-state index contributed by atoms with van der Waals surface area (Å²) >= 11 is 0. The molecule has 0 spiro atoms. The third-order valence-corrected chi connectivity index (χ3v) is 6.27. The zero-order chi connectivity index (χ0) is 20.7. The van der Waals surface area contributed by atoms with Gasteiger partial charge in [0.15, 0.2) is 17.1 Å². The number of aromatic amines is 1. The van der Waals surface area contributed by atoms with Crippen LogP contribution in [0.15, 0.2) is 35.4 Å². The largest absolute Gasteiger partial charge is 0.381 e. The van der Waals surface area contributed by atoms with Crippen molar-refractivity contribution in [3.63, 3.8) is 0 Å². The minimum Gasteiger partial charge on any atom is -0.381 e. The Morgan fingerprint density at radius 3 is 2.93 bits per heavy atom. The predicted molar refractivity (Wildman–Crippen MR) is 109 cm³/mol. The third-order valence-electron chi connectivity index (χ3n) is 6.27. The summed E-state index contributed by atoms with van der Waals surface area (Å²) in [6.07, 6.45) is 4.87. The minimum atomic E-state index is -1.74. The van der Waals surface area contributed by atoms with Gasteiger partial charge >= 0.3 is 0 Å². The molecule has 9 heteroatoms. The number of nitrogens with zero attached hydrogens (tertiary/aromatic N) is 5. The molecule has 0 aromatic carbocycles. The number of likely N-dealkylation sites (tertiary alicyclic amines) is 1. The molecule has 8 nitrogen and oxygen atoms in total. The summed E-state index contributed by atoms with van der Waals surface area (Å²) in [6.45, 7) is 4.43. The lowest BCUT2D eigenvalue weighted by Crippen LogP contribution is -2.34. The first kappa shape index (κ1) is 19.3. The number of hydrogen-bond acceptors (Lipinski definition) is 6. The molecule has 5 heterocycles. The molecule has 0 saturated carbocycles.